The molecule has 3 nitrogen and oxygen atoms in total. The van der Waals surface area contributed by atoms with E-state index < -0.39 is 0 Å². The molecule has 0 aromatic heterocycles. The van der Waals surface area contributed by atoms with Gasteiger partial charge in [-0.25, -0.2) is 0 Å². The standard InChI is InChI=1S/C15H25NO2/c1-12-5-6-14(9-13(12)2)10-16-15(3,7-8-17)11-18-4/h5-6,9,16-17H,7-8,10-11H2,1-4H3. The molecule has 1 rings (SSSR count). The highest BCUT2D eigenvalue weighted by molar-refractivity contribution is 5.29. The molecule has 1 atom stereocenters. The van der Waals surface area contributed by atoms with E-state index in [0.717, 1.165) is 6.54 Å². The molecule has 0 saturated carbocycles. The van der Waals surface area contributed by atoms with Crippen molar-refractivity contribution < 1.29 is 9.84 Å². The van der Waals surface area contributed by atoms with E-state index >= 15 is 0 Å². The van der Waals surface area contributed by atoms with Crippen LogP contribution in [0.25, 0.3) is 0 Å². The minimum absolute atomic E-state index is 0.166. The average molecular weight is 251 g/mol. The number of aliphatic hydroxyl groups is 1. The predicted octanol–water partition coefficient (Wildman–Crippen LogP) is 2.18. The maximum Gasteiger partial charge on any atom is 0.0642 e. The third-order valence-electron chi connectivity index (χ3n) is 3.42. The zero-order chi connectivity index (χ0) is 13.6. The summed E-state index contributed by atoms with van der Waals surface area (Å²) in [5, 5.41) is 12.6. The van der Waals surface area contributed by atoms with Gasteiger partial charge in [-0.3, -0.25) is 0 Å². The van der Waals surface area contributed by atoms with E-state index in [1.807, 2.05) is 0 Å². The van der Waals surface area contributed by atoms with Crippen molar-refractivity contribution >= 4 is 0 Å². The van der Waals surface area contributed by atoms with Crippen LogP contribution < -0.4 is 5.32 Å². The molecule has 0 saturated heterocycles. The lowest BCUT2D eigenvalue weighted by Crippen LogP contribution is -2.46. The maximum absolute atomic E-state index is 9.11. The van der Waals surface area contributed by atoms with Gasteiger partial charge in [-0.15, -0.1) is 0 Å². The first kappa shape index (κ1) is 15.2. The Labute approximate surface area is 110 Å². The average Bonchev–Trinajstić information content (AvgIpc) is 2.32. The highest BCUT2D eigenvalue weighted by atomic mass is 16.5. The molecule has 1 aromatic carbocycles. The van der Waals surface area contributed by atoms with Crippen molar-refractivity contribution in [2.75, 3.05) is 20.3 Å². The Morgan fingerprint density at radius 1 is 1.28 bits per heavy atom. The van der Waals surface area contributed by atoms with Crippen LogP contribution in [0.3, 0.4) is 0 Å². The van der Waals surface area contributed by atoms with E-state index in [9.17, 15) is 0 Å². The van der Waals surface area contributed by atoms with Crippen molar-refractivity contribution in [1.29, 1.82) is 0 Å². The first-order valence-corrected chi connectivity index (χ1v) is 6.42. The molecule has 0 aliphatic heterocycles. The molecule has 0 heterocycles. The molecule has 0 spiro atoms. The van der Waals surface area contributed by atoms with Crippen molar-refractivity contribution in [3.05, 3.63) is 34.9 Å². The topological polar surface area (TPSA) is 41.5 Å². The van der Waals surface area contributed by atoms with Gasteiger partial charge in [-0.2, -0.15) is 0 Å². The molecule has 102 valence electrons. The Kier molecular flexibility index (Phi) is 5.79. The van der Waals surface area contributed by atoms with Crippen LogP contribution in [0.2, 0.25) is 0 Å². The number of hydrogen-bond donors (Lipinski definition) is 2. The van der Waals surface area contributed by atoms with Gasteiger partial charge in [0.1, 0.15) is 0 Å². The molecular weight excluding hydrogens is 226 g/mol. The quantitative estimate of drug-likeness (QED) is 0.780. The number of hydrogen-bond acceptors (Lipinski definition) is 3. The Hall–Kier alpha value is -0.900. The smallest absolute Gasteiger partial charge is 0.0642 e. The van der Waals surface area contributed by atoms with Crippen LogP contribution in [-0.2, 0) is 11.3 Å². The lowest BCUT2D eigenvalue weighted by molar-refractivity contribution is 0.0969. The van der Waals surface area contributed by atoms with Crippen molar-refractivity contribution in [3.63, 3.8) is 0 Å². The summed E-state index contributed by atoms with van der Waals surface area (Å²) in [5.74, 6) is 0. The second-order valence-corrected chi connectivity index (χ2v) is 5.24. The number of aryl methyl sites for hydroxylation is 2. The minimum Gasteiger partial charge on any atom is -0.396 e. The summed E-state index contributed by atoms with van der Waals surface area (Å²) in [6, 6.07) is 6.49. The first-order chi connectivity index (χ1) is 8.50. The summed E-state index contributed by atoms with van der Waals surface area (Å²) in [7, 11) is 1.69. The number of aliphatic hydroxyl groups excluding tert-OH is 1. The summed E-state index contributed by atoms with van der Waals surface area (Å²) < 4.78 is 5.22. The maximum atomic E-state index is 9.11. The van der Waals surface area contributed by atoms with Gasteiger partial charge in [0.15, 0.2) is 0 Å². The molecule has 1 unspecified atom stereocenters. The van der Waals surface area contributed by atoms with E-state index in [1.54, 1.807) is 7.11 Å². The third-order valence-corrected chi connectivity index (χ3v) is 3.42. The highest BCUT2D eigenvalue weighted by Crippen LogP contribution is 2.13. The Morgan fingerprint density at radius 3 is 2.56 bits per heavy atom. The van der Waals surface area contributed by atoms with Gasteiger partial charge < -0.3 is 15.2 Å². The Bertz CT molecular complexity index is 371. The molecule has 2 N–H and O–H groups in total. The molecule has 0 amide bonds. The Balaban J connectivity index is 2.63. The van der Waals surface area contributed by atoms with Gasteiger partial charge in [0.25, 0.3) is 0 Å². The summed E-state index contributed by atoms with van der Waals surface area (Å²) >= 11 is 0. The van der Waals surface area contributed by atoms with Crippen LogP contribution in [0.5, 0.6) is 0 Å². The fourth-order valence-corrected chi connectivity index (χ4v) is 2.01. The zero-order valence-electron chi connectivity index (χ0n) is 11.9. The largest absolute Gasteiger partial charge is 0.396 e. The fourth-order valence-electron chi connectivity index (χ4n) is 2.01. The normalized spacial score (nSPS) is 14.5. The van der Waals surface area contributed by atoms with Crippen molar-refractivity contribution in [2.45, 2.75) is 39.3 Å². The molecule has 0 radical (unpaired) electrons. The van der Waals surface area contributed by atoms with Crippen LogP contribution in [0.1, 0.15) is 30.0 Å². The molecule has 0 aliphatic rings. The van der Waals surface area contributed by atoms with Crippen molar-refractivity contribution in [3.8, 4) is 0 Å². The zero-order valence-corrected chi connectivity index (χ0v) is 11.9. The molecular formula is C15H25NO2. The van der Waals surface area contributed by atoms with Gasteiger partial charge in [0.05, 0.1) is 6.61 Å². The SMILES string of the molecule is COCC(C)(CCO)NCc1ccc(C)c(C)c1. The van der Waals surface area contributed by atoms with E-state index in [1.165, 1.54) is 16.7 Å². The third kappa shape index (κ3) is 4.41. The minimum atomic E-state index is -0.178. The van der Waals surface area contributed by atoms with E-state index in [2.05, 4.69) is 44.3 Å². The molecule has 0 aliphatic carbocycles. The number of rotatable bonds is 7. The van der Waals surface area contributed by atoms with Gasteiger partial charge in [-0.1, -0.05) is 18.2 Å². The van der Waals surface area contributed by atoms with E-state index in [0.29, 0.717) is 13.0 Å². The van der Waals surface area contributed by atoms with Crippen molar-refractivity contribution in [1.82, 2.24) is 5.32 Å². The lowest BCUT2D eigenvalue weighted by Gasteiger charge is -2.29. The molecule has 3 heteroatoms. The first-order valence-electron chi connectivity index (χ1n) is 6.42. The molecule has 0 bridgehead atoms. The predicted molar refractivity (Wildman–Crippen MR) is 74.7 cm³/mol. The second-order valence-electron chi connectivity index (χ2n) is 5.24. The van der Waals surface area contributed by atoms with Crippen LogP contribution in [0.15, 0.2) is 18.2 Å². The number of ether oxygens (including phenoxy) is 1. The highest BCUT2D eigenvalue weighted by Gasteiger charge is 2.22. The number of nitrogens with one attached hydrogen (secondary N) is 1. The number of benzene rings is 1. The summed E-state index contributed by atoms with van der Waals surface area (Å²) in [6.07, 6.45) is 0.686. The van der Waals surface area contributed by atoms with E-state index in [4.69, 9.17) is 9.84 Å². The van der Waals surface area contributed by atoms with Gasteiger partial charge >= 0.3 is 0 Å². The summed E-state index contributed by atoms with van der Waals surface area (Å²) in [6.45, 7) is 7.88. The summed E-state index contributed by atoms with van der Waals surface area (Å²) in [4.78, 5) is 0. The monoisotopic (exact) mass is 251 g/mol. The second kappa shape index (κ2) is 6.88. The van der Waals surface area contributed by atoms with Gasteiger partial charge in [-0.05, 0) is 43.9 Å². The molecule has 18 heavy (non-hydrogen) atoms. The molecule has 0 fully saturated rings. The molecule has 1 aromatic rings. The van der Waals surface area contributed by atoms with Gasteiger partial charge in [0.2, 0.25) is 0 Å². The van der Waals surface area contributed by atoms with Crippen molar-refractivity contribution in [2.24, 2.45) is 0 Å². The Morgan fingerprint density at radius 2 is 2.00 bits per heavy atom. The van der Waals surface area contributed by atoms with Crippen LogP contribution in [0, 0.1) is 13.8 Å². The van der Waals surface area contributed by atoms with Crippen LogP contribution in [0.4, 0.5) is 0 Å². The van der Waals surface area contributed by atoms with E-state index in [-0.39, 0.29) is 12.1 Å². The number of methoxy groups -OCH3 is 1. The fraction of sp³-hybridized carbons (Fsp3) is 0.600. The van der Waals surface area contributed by atoms with Crippen LogP contribution in [-0.4, -0.2) is 31.0 Å². The van der Waals surface area contributed by atoms with Gasteiger partial charge in [0, 0.05) is 25.8 Å². The van der Waals surface area contributed by atoms with Crippen LogP contribution >= 0.6 is 0 Å². The lowest BCUT2D eigenvalue weighted by atomic mass is 9.98. The summed E-state index contributed by atoms with van der Waals surface area (Å²) in [5.41, 5.74) is 3.71.